The van der Waals surface area contributed by atoms with E-state index in [1.54, 1.807) is 44.4 Å². The number of urea groups is 1. The Morgan fingerprint density at radius 2 is 1.92 bits per heavy atom. The van der Waals surface area contributed by atoms with Crippen LogP contribution in [-0.2, 0) is 19.1 Å². The Morgan fingerprint density at radius 3 is 2.56 bits per heavy atom. The van der Waals surface area contributed by atoms with Crippen molar-refractivity contribution in [1.82, 2.24) is 10.6 Å². The van der Waals surface area contributed by atoms with Crippen LogP contribution in [-0.4, -0.2) is 38.3 Å². The van der Waals surface area contributed by atoms with Gasteiger partial charge in [-0.25, -0.2) is 14.4 Å². The van der Waals surface area contributed by atoms with Crippen LogP contribution >= 0.6 is 11.3 Å². The van der Waals surface area contributed by atoms with Gasteiger partial charge in [-0.05, 0) is 54.3 Å². The predicted molar refractivity (Wildman–Crippen MR) is 133 cm³/mol. The van der Waals surface area contributed by atoms with Crippen LogP contribution in [0.25, 0.3) is 11.6 Å². The quantitative estimate of drug-likeness (QED) is 0.327. The monoisotopic (exact) mass is 508 g/mol. The molecule has 0 radical (unpaired) electrons. The molecule has 9 nitrogen and oxygen atoms in total. The minimum absolute atomic E-state index is 0.0935. The second kappa shape index (κ2) is 11.4. The van der Waals surface area contributed by atoms with Crippen molar-refractivity contribution >= 4 is 41.0 Å². The van der Waals surface area contributed by atoms with Crippen molar-refractivity contribution in [2.45, 2.75) is 13.0 Å². The van der Waals surface area contributed by atoms with Crippen molar-refractivity contribution in [3.05, 3.63) is 87.6 Å². The number of rotatable bonds is 9. The zero-order chi connectivity index (χ0) is 25.5. The summed E-state index contributed by atoms with van der Waals surface area (Å²) in [5.41, 5.74) is 1.31. The van der Waals surface area contributed by atoms with Crippen molar-refractivity contribution in [3.63, 3.8) is 0 Å². The molecule has 1 unspecified atom stereocenters. The summed E-state index contributed by atoms with van der Waals surface area (Å²) in [7, 11) is 1.58. The number of thiophene rings is 1. The first-order valence-electron chi connectivity index (χ1n) is 11.1. The van der Waals surface area contributed by atoms with E-state index in [0.717, 1.165) is 5.56 Å². The molecule has 10 heteroatoms. The number of hydrogen-bond donors (Lipinski definition) is 2. The number of esters is 2. The van der Waals surface area contributed by atoms with Crippen molar-refractivity contribution < 1.29 is 33.0 Å². The smallest absolute Gasteiger partial charge is 0.339 e. The molecule has 1 atom stereocenters. The first-order valence-corrected chi connectivity index (χ1v) is 12.0. The van der Waals surface area contributed by atoms with Crippen LogP contribution in [0.4, 0.5) is 4.79 Å². The van der Waals surface area contributed by atoms with Gasteiger partial charge in [-0.1, -0.05) is 18.2 Å². The van der Waals surface area contributed by atoms with E-state index in [2.05, 4.69) is 10.6 Å². The number of benzene rings is 1. The van der Waals surface area contributed by atoms with E-state index in [4.69, 9.17) is 18.6 Å². The van der Waals surface area contributed by atoms with Crippen molar-refractivity contribution in [2.75, 3.05) is 20.3 Å². The zero-order valence-corrected chi connectivity index (χ0v) is 20.4. The van der Waals surface area contributed by atoms with Gasteiger partial charge in [0, 0.05) is 4.88 Å². The number of hydrogen-bond acceptors (Lipinski definition) is 8. The minimum atomic E-state index is -0.895. The average molecular weight is 509 g/mol. The number of ether oxygens (including phenoxy) is 3. The number of amides is 2. The van der Waals surface area contributed by atoms with Gasteiger partial charge in [-0.3, -0.25) is 0 Å². The predicted octanol–water partition coefficient (Wildman–Crippen LogP) is 4.30. The Balaban J connectivity index is 1.63. The Labute approximate surface area is 211 Å². The maximum absolute atomic E-state index is 13.2. The third kappa shape index (κ3) is 5.66. The van der Waals surface area contributed by atoms with Gasteiger partial charge in [0.1, 0.15) is 24.2 Å². The number of methoxy groups -OCH3 is 1. The SMILES string of the molecule is CCOC(=O)C1=C(COC(=O)/C(=C/c2ccc(OC)cc2)c2cccs2)NC(=O)NC1c1ccco1. The van der Waals surface area contributed by atoms with Crippen LogP contribution in [0.2, 0.25) is 0 Å². The molecule has 0 bridgehead atoms. The molecule has 3 aromatic rings. The van der Waals surface area contributed by atoms with E-state index in [-0.39, 0.29) is 24.5 Å². The van der Waals surface area contributed by atoms with E-state index in [1.807, 2.05) is 29.6 Å². The van der Waals surface area contributed by atoms with Crippen LogP contribution in [0, 0.1) is 0 Å². The van der Waals surface area contributed by atoms with Crippen LogP contribution in [0.5, 0.6) is 5.75 Å². The fraction of sp³-hybridized carbons (Fsp3) is 0.192. The zero-order valence-electron chi connectivity index (χ0n) is 19.6. The minimum Gasteiger partial charge on any atom is -0.497 e. The second-order valence-electron chi connectivity index (χ2n) is 7.54. The number of carbonyl (C=O) groups is 3. The lowest BCUT2D eigenvalue weighted by Crippen LogP contribution is -2.47. The van der Waals surface area contributed by atoms with E-state index in [1.165, 1.54) is 17.6 Å². The van der Waals surface area contributed by atoms with Gasteiger partial charge in [-0.15, -0.1) is 11.3 Å². The second-order valence-corrected chi connectivity index (χ2v) is 8.49. The maximum atomic E-state index is 13.2. The summed E-state index contributed by atoms with van der Waals surface area (Å²) in [6.45, 7) is 1.44. The molecule has 0 aliphatic carbocycles. The van der Waals surface area contributed by atoms with Gasteiger partial charge in [-0.2, -0.15) is 0 Å². The van der Waals surface area contributed by atoms with Crippen LogP contribution in [0.3, 0.4) is 0 Å². The normalized spacial score (nSPS) is 15.7. The average Bonchev–Trinajstić information content (AvgIpc) is 3.61. The highest BCUT2D eigenvalue weighted by Gasteiger charge is 2.36. The topological polar surface area (TPSA) is 116 Å². The molecule has 2 amide bonds. The summed E-state index contributed by atoms with van der Waals surface area (Å²) in [5, 5.41) is 7.07. The van der Waals surface area contributed by atoms with E-state index in [9.17, 15) is 14.4 Å². The summed E-state index contributed by atoms with van der Waals surface area (Å²) in [6, 6.07) is 12.7. The number of furan rings is 1. The molecule has 0 fully saturated rings. The third-order valence-corrected chi connectivity index (χ3v) is 6.16. The molecular formula is C26H24N2O7S. The molecular weight excluding hydrogens is 484 g/mol. The van der Waals surface area contributed by atoms with Gasteiger partial charge < -0.3 is 29.3 Å². The van der Waals surface area contributed by atoms with Crippen LogP contribution < -0.4 is 15.4 Å². The van der Waals surface area contributed by atoms with E-state index >= 15 is 0 Å². The first-order chi connectivity index (χ1) is 17.5. The van der Waals surface area contributed by atoms with Crippen LogP contribution in [0.1, 0.15) is 29.2 Å². The fourth-order valence-electron chi connectivity index (χ4n) is 3.60. The van der Waals surface area contributed by atoms with Gasteiger partial charge >= 0.3 is 18.0 Å². The molecule has 186 valence electrons. The molecule has 0 saturated carbocycles. The highest BCUT2D eigenvalue weighted by Crippen LogP contribution is 2.29. The van der Waals surface area contributed by atoms with Crippen molar-refractivity contribution in [2.24, 2.45) is 0 Å². The van der Waals surface area contributed by atoms with Gasteiger partial charge in [0.25, 0.3) is 0 Å². The molecule has 1 aromatic carbocycles. The van der Waals surface area contributed by atoms with Gasteiger partial charge in [0.2, 0.25) is 0 Å². The summed E-state index contributed by atoms with van der Waals surface area (Å²) >= 11 is 1.39. The van der Waals surface area contributed by atoms with Gasteiger partial charge in [0.15, 0.2) is 0 Å². The lowest BCUT2D eigenvalue weighted by molar-refractivity contribution is -0.140. The summed E-state index contributed by atoms with van der Waals surface area (Å²) in [6.07, 6.45) is 3.14. The summed E-state index contributed by atoms with van der Waals surface area (Å²) < 4.78 is 21.4. The summed E-state index contributed by atoms with van der Waals surface area (Å²) in [4.78, 5) is 39.1. The lowest BCUT2D eigenvalue weighted by Gasteiger charge is -2.27. The third-order valence-electron chi connectivity index (χ3n) is 5.26. The molecule has 0 saturated heterocycles. The molecule has 1 aliphatic rings. The first kappa shape index (κ1) is 24.8. The van der Waals surface area contributed by atoms with E-state index < -0.39 is 24.0 Å². The molecule has 2 aromatic heterocycles. The molecule has 36 heavy (non-hydrogen) atoms. The van der Waals surface area contributed by atoms with Crippen molar-refractivity contribution in [3.8, 4) is 5.75 Å². The Hall–Kier alpha value is -4.31. The summed E-state index contributed by atoms with van der Waals surface area (Å²) in [5.74, 6) is -0.245. The largest absolute Gasteiger partial charge is 0.497 e. The Kier molecular flexibility index (Phi) is 7.86. The van der Waals surface area contributed by atoms with Gasteiger partial charge in [0.05, 0.1) is 36.8 Å². The molecule has 4 rings (SSSR count). The highest BCUT2D eigenvalue weighted by atomic mass is 32.1. The number of nitrogens with one attached hydrogen (secondary N) is 2. The molecule has 2 N–H and O–H groups in total. The maximum Gasteiger partial charge on any atom is 0.339 e. The van der Waals surface area contributed by atoms with Crippen LogP contribution in [0.15, 0.2) is 75.9 Å². The van der Waals surface area contributed by atoms with Crippen molar-refractivity contribution in [1.29, 1.82) is 0 Å². The number of carbonyl (C=O) groups excluding carboxylic acids is 3. The highest BCUT2D eigenvalue weighted by molar-refractivity contribution is 7.11. The molecule has 3 heterocycles. The fourth-order valence-corrected chi connectivity index (χ4v) is 4.33. The Bertz CT molecular complexity index is 1280. The lowest BCUT2D eigenvalue weighted by atomic mass is 10.0. The molecule has 1 aliphatic heterocycles. The standard InChI is InChI=1S/C26H24N2O7S/c1-3-33-25(30)22-19(27-26(31)28-23(22)20-6-4-12-34-20)15-35-24(29)18(21-7-5-13-36-21)14-16-8-10-17(32-2)11-9-16/h4-14,23H,3,15H2,1-2H3,(H2,27,28,31)/b18-14+. The Morgan fingerprint density at radius 1 is 1.11 bits per heavy atom. The van der Waals surface area contributed by atoms with E-state index in [0.29, 0.717) is 22.0 Å². The molecule has 0 spiro atoms.